The number of nitrogens with two attached hydrogens (primary N) is 1. The van der Waals surface area contributed by atoms with Crippen LogP contribution in [-0.4, -0.2) is 7.11 Å². The Balaban J connectivity index is 2.23. The molecule has 0 radical (unpaired) electrons. The molecule has 0 fully saturated rings. The van der Waals surface area contributed by atoms with Crippen molar-refractivity contribution in [2.75, 3.05) is 7.11 Å². The Kier molecular flexibility index (Phi) is 4.91. The number of methoxy groups -OCH3 is 1. The van der Waals surface area contributed by atoms with Crippen molar-refractivity contribution in [3.05, 3.63) is 52.5 Å². The highest BCUT2D eigenvalue weighted by molar-refractivity contribution is 9.10. The molecule has 0 aliphatic rings. The molecule has 0 saturated carbocycles. The molecule has 2 aromatic carbocycles. The minimum absolute atomic E-state index is 0.0483. The van der Waals surface area contributed by atoms with Gasteiger partial charge < -0.3 is 10.5 Å². The summed E-state index contributed by atoms with van der Waals surface area (Å²) in [5, 5.41) is 0. The average Bonchev–Trinajstić information content (AvgIpc) is 2.41. The van der Waals surface area contributed by atoms with Gasteiger partial charge in [0.25, 0.3) is 0 Å². The third-order valence-corrected chi connectivity index (χ3v) is 4.73. The lowest BCUT2D eigenvalue weighted by molar-refractivity contribution is 0.413. The summed E-state index contributed by atoms with van der Waals surface area (Å²) in [6.07, 6.45) is 0. The molecule has 1 atom stereocenters. The van der Waals surface area contributed by atoms with Gasteiger partial charge in [0.05, 0.1) is 7.11 Å². The van der Waals surface area contributed by atoms with Crippen molar-refractivity contribution in [3.8, 4) is 5.75 Å². The molecule has 2 nitrogen and oxygen atoms in total. The van der Waals surface area contributed by atoms with E-state index in [9.17, 15) is 0 Å². The van der Waals surface area contributed by atoms with Gasteiger partial charge in [0, 0.05) is 20.3 Å². The second-order valence-electron chi connectivity index (χ2n) is 4.26. The maximum absolute atomic E-state index is 5.88. The maximum Gasteiger partial charge on any atom is 0.119 e. The first kappa shape index (κ1) is 14.4. The van der Waals surface area contributed by atoms with Crippen LogP contribution in [0, 0.1) is 0 Å². The lowest BCUT2D eigenvalue weighted by atomic mass is 10.1. The molecular formula is C15H16BrNOS. The molecule has 0 unspecified atom stereocenters. The number of ether oxygens (including phenoxy) is 1. The van der Waals surface area contributed by atoms with E-state index in [2.05, 4.69) is 40.2 Å². The lowest BCUT2D eigenvalue weighted by Crippen LogP contribution is -2.04. The normalized spacial score (nSPS) is 12.2. The minimum atomic E-state index is 0.0483. The number of benzene rings is 2. The summed E-state index contributed by atoms with van der Waals surface area (Å²) in [5.74, 6) is 0.869. The van der Waals surface area contributed by atoms with Crippen molar-refractivity contribution in [3.63, 3.8) is 0 Å². The molecule has 2 rings (SSSR count). The number of hydrogen-bond donors (Lipinski definition) is 1. The highest BCUT2D eigenvalue weighted by Crippen LogP contribution is 2.35. The Morgan fingerprint density at radius 3 is 2.63 bits per heavy atom. The molecule has 0 bridgehead atoms. The van der Waals surface area contributed by atoms with Gasteiger partial charge in [-0.2, -0.15) is 0 Å². The van der Waals surface area contributed by atoms with Gasteiger partial charge in [-0.15, -0.1) is 0 Å². The monoisotopic (exact) mass is 337 g/mol. The Labute approximate surface area is 126 Å². The van der Waals surface area contributed by atoms with E-state index in [0.717, 1.165) is 25.6 Å². The zero-order valence-corrected chi connectivity index (χ0v) is 13.3. The van der Waals surface area contributed by atoms with E-state index in [1.54, 1.807) is 18.9 Å². The Hall–Kier alpha value is -0.970. The first-order valence-electron chi connectivity index (χ1n) is 5.97. The van der Waals surface area contributed by atoms with Gasteiger partial charge in [0.2, 0.25) is 0 Å². The Morgan fingerprint density at radius 1 is 1.21 bits per heavy atom. The van der Waals surface area contributed by atoms with Crippen molar-refractivity contribution in [1.82, 2.24) is 0 Å². The number of rotatable bonds is 4. The molecule has 0 heterocycles. The quantitative estimate of drug-likeness (QED) is 0.883. The van der Waals surface area contributed by atoms with Gasteiger partial charge >= 0.3 is 0 Å². The standard InChI is InChI=1S/C15H16BrNOS/c1-10(17)11-6-7-15(14(16)8-11)19-13-5-3-4-12(9-13)18-2/h3-10H,17H2,1-2H3/t10-/m0/s1. The Morgan fingerprint density at radius 2 is 2.00 bits per heavy atom. The summed E-state index contributed by atoms with van der Waals surface area (Å²) in [6, 6.07) is 14.3. The summed E-state index contributed by atoms with van der Waals surface area (Å²) >= 11 is 5.30. The van der Waals surface area contributed by atoms with Crippen molar-refractivity contribution >= 4 is 27.7 Å². The predicted molar refractivity (Wildman–Crippen MR) is 83.9 cm³/mol. The average molecular weight is 338 g/mol. The minimum Gasteiger partial charge on any atom is -0.497 e. The van der Waals surface area contributed by atoms with Gasteiger partial charge in [-0.3, -0.25) is 0 Å². The van der Waals surface area contributed by atoms with E-state index in [0.29, 0.717) is 0 Å². The number of halogens is 1. The third-order valence-electron chi connectivity index (χ3n) is 2.75. The molecule has 0 aromatic heterocycles. The zero-order chi connectivity index (χ0) is 13.8. The summed E-state index contributed by atoms with van der Waals surface area (Å²) in [6.45, 7) is 1.98. The van der Waals surface area contributed by atoms with Crippen molar-refractivity contribution in [1.29, 1.82) is 0 Å². The van der Waals surface area contributed by atoms with Crippen molar-refractivity contribution in [2.45, 2.75) is 22.8 Å². The molecule has 4 heteroatoms. The first-order valence-corrected chi connectivity index (χ1v) is 7.58. The van der Waals surface area contributed by atoms with Gasteiger partial charge in [0.15, 0.2) is 0 Å². The fourth-order valence-corrected chi connectivity index (χ4v) is 3.18. The van der Waals surface area contributed by atoms with Crippen LogP contribution >= 0.6 is 27.7 Å². The van der Waals surface area contributed by atoms with E-state index in [-0.39, 0.29) is 6.04 Å². The van der Waals surface area contributed by atoms with Gasteiger partial charge in [-0.25, -0.2) is 0 Å². The second kappa shape index (κ2) is 6.46. The smallest absolute Gasteiger partial charge is 0.119 e. The summed E-state index contributed by atoms with van der Waals surface area (Å²) in [7, 11) is 1.68. The van der Waals surface area contributed by atoms with Crippen molar-refractivity contribution in [2.24, 2.45) is 5.73 Å². The topological polar surface area (TPSA) is 35.2 Å². The van der Waals surface area contributed by atoms with Gasteiger partial charge in [-0.1, -0.05) is 23.9 Å². The van der Waals surface area contributed by atoms with Crippen LogP contribution < -0.4 is 10.5 Å². The molecule has 0 aliphatic carbocycles. The van der Waals surface area contributed by atoms with Crippen molar-refractivity contribution < 1.29 is 4.74 Å². The largest absolute Gasteiger partial charge is 0.497 e. The molecule has 2 N–H and O–H groups in total. The van der Waals surface area contributed by atoms with E-state index >= 15 is 0 Å². The fraction of sp³-hybridized carbons (Fsp3) is 0.200. The first-order chi connectivity index (χ1) is 9.10. The second-order valence-corrected chi connectivity index (χ2v) is 6.23. The maximum atomic E-state index is 5.88. The molecule has 0 spiro atoms. The zero-order valence-electron chi connectivity index (χ0n) is 10.9. The van der Waals surface area contributed by atoms with Crippen LogP contribution in [0.2, 0.25) is 0 Å². The van der Waals surface area contributed by atoms with Crippen LogP contribution in [0.4, 0.5) is 0 Å². The highest BCUT2D eigenvalue weighted by atomic mass is 79.9. The lowest BCUT2D eigenvalue weighted by Gasteiger charge is -2.10. The van der Waals surface area contributed by atoms with Crippen LogP contribution in [0.5, 0.6) is 5.75 Å². The van der Waals surface area contributed by atoms with E-state index < -0.39 is 0 Å². The summed E-state index contributed by atoms with van der Waals surface area (Å²) in [5.41, 5.74) is 7.01. The molecule has 19 heavy (non-hydrogen) atoms. The third kappa shape index (κ3) is 3.75. The Bertz CT molecular complexity index is 572. The molecule has 0 saturated heterocycles. The van der Waals surface area contributed by atoms with Gasteiger partial charge in [-0.05, 0) is 58.7 Å². The van der Waals surface area contributed by atoms with Crippen LogP contribution in [0.1, 0.15) is 18.5 Å². The van der Waals surface area contributed by atoms with Crippen LogP contribution in [0.15, 0.2) is 56.7 Å². The fourth-order valence-electron chi connectivity index (χ4n) is 1.67. The highest BCUT2D eigenvalue weighted by Gasteiger charge is 2.06. The SMILES string of the molecule is COc1cccc(Sc2ccc([C@H](C)N)cc2Br)c1. The van der Waals surface area contributed by atoms with Gasteiger partial charge in [0.1, 0.15) is 5.75 Å². The predicted octanol–water partition coefficient (Wildman–Crippen LogP) is 4.63. The number of hydrogen-bond acceptors (Lipinski definition) is 3. The summed E-state index contributed by atoms with van der Waals surface area (Å²) < 4.78 is 6.30. The molecule has 2 aromatic rings. The van der Waals surface area contributed by atoms with E-state index in [1.807, 2.05) is 25.1 Å². The van der Waals surface area contributed by atoms with Crippen LogP contribution in [0.3, 0.4) is 0 Å². The molecule has 0 aliphatic heterocycles. The van der Waals surface area contributed by atoms with Crippen LogP contribution in [-0.2, 0) is 0 Å². The van der Waals surface area contributed by atoms with Crippen LogP contribution in [0.25, 0.3) is 0 Å². The molecule has 0 amide bonds. The summed E-state index contributed by atoms with van der Waals surface area (Å²) in [4.78, 5) is 2.31. The molecular weight excluding hydrogens is 322 g/mol. The van der Waals surface area contributed by atoms with E-state index in [1.165, 1.54) is 0 Å². The molecule has 100 valence electrons. The van der Waals surface area contributed by atoms with E-state index in [4.69, 9.17) is 10.5 Å².